The van der Waals surface area contributed by atoms with Gasteiger partial charge in [-0.25, -0.2) is 0 Å². The Bertz CT molecular complexity index is 484. The molecule has 0 aromatic heterocycles. The van der Waals surface area contributed by atoms with Gasteiger partial charge in [0.2, 0.25) is 0 Å². The number of hydrogen-bond acceptors (Lipinski definition) is 3. The maximum atomic E-state index is 10.9. The molecule has 2 rings (SSSR count). The van der Waals surface area contributed by atoms with Crippen molar-refractivity contribution in [1.82, 2.24) is 0 Å². The van der Waals surface area contributed by atoms with Crippen molar-refractivity contribution in [3.63, 3.8) is 0 Å². The number of carboxylic acids is 1. The van der Waals surface area contributed by atoms with Crippen LogP contribution in [-0.2, 0) is 4.79 Å². The van der Waals surface area contributed by atoms with E-state index in [1.165, 1.54) is 0 Å². The van der Waals surface area contributed by atoms with E-state index in [-0.39, 0.29) is 17.9 Å². The lowest BCUT2D eigenvalue weighted by molar-refractivity contribution is -0.138. The molecule has 1 fully saturated rings. The van der Waals surface area contributed by atoms with Gasteiger partial charge in [-0.3, -0.25) is 4.79 Å². The number of benzene rings is 1. The Hall–Kier alpha value is -1.55. The molecule has 1 aromatic carbocycles. The van der Waals surface area contributed by atoms with Gasteiger partial charge in [0, 0.05) is 6.04 Å². The molecule has 0 amide bonds. The van der Waals surface area contributed by atoms with E-state index >= 15 is 0 Å². The topological polar surface area (TPSA) is 72.5 Å². The summed E-state index contributed by atoms with van der Waals surface area (Å²) in [5.41, 5.74) is 9.38. The van der Waals surface area contributed by atoms with Crippen LogP contribution in [0.3, 0.4) is 0 Å². The summed E-state index contributed by atoms with van der Waals surface area (Å²) in [5.74, 6) is -0.108. The molecule has 3 atom stereocenters. The Labute approximate surface area is 107 Å². The number of carbonyl (C=O) groups is 1. The lowest BCUT2D eigenvalue weighted by Crippen LogP contribution is -2.17. The second-order valence-corrected chi connectivity index (χ2v) is 4.98. The molecule has 1 aromatic rings. The van der Waals surface area contributed by atoms with Gasteiger partial charge in [0.1, 0.15) is 5.75 Å². The molecule has 4 nitrogen and oxygen atoms in total. The molecule has 0 bridgehead atoms. The van der Waals surface area contributed by atoms with Gasteiger partial charge in [0.15, 0.2) is 0 Å². The average Bonchev–Trinajstić information content (AvgIpc) is 3.12. The first-order valence-corrected chi connectivity index (χ1v) is 6.09. The van der Waals surface area contributed by atoms with Gasteiger partial charge in [-0.15, -0.1) is 0 Å². The maximum absolute atomic E-state index is 10.9. The molecule has 0 radical (unpaired) electrons. The van der Waals surface area contributed by atoms with Gasteiger partial charge >= 0.3 is 5.97 Å². The summed E-state index contributed by atoms with van der Waals surface area (Å²) in [6, 6.07) is 3.65. The zero-order chi connectivity index (χ0) is 13.4. The molecule has 1 aliphatic rings. The minimum atomic E-state index is -0.738. The normalized spacial score (nSPS) is 23.6. The van der Waals surface area contributed by atoms with Gasteiger partial charge in [-0.05, 0) is 48.9 Å². The zero-order valence-electron chi connectivity index (χ0n) is 10.9. The Morgan fingerprint density at radius 2 is 2.11 bits per heavy atom. The Morgan fingerprint density at radius 1 is 1.44 bits per heavy atom. The summed E-state index contributed by atoms with van der Waals surface area (Å²) in [4.78, 5) is 10.9. The van der Waals surface area contributed by atoms with Crippen LogP contribution < -0.4 is 10.5 Å². The predicted octanol–water partition coefficient (Wildman–Crippen LogP) is 2.03. The Kier molecular flexibility index (Phi) is 3.30. The fourth-order valence-electron chi connectivity index (χ4n) is 2.53. The summed E-state index contributed by atoms with van der Waals surface area (Å²) in [7, 11) is 1.64. The second kappa shape index (κ2) is 4.61. The Balaban J connectivity index is 2.24. The van der Waals surface area contributed by atoms with E-state index in [1.807, 2.05) is 26.0 Å². The van der Waals surface area contributed by atoms with Crippen LogP contribution in [0.4, 0.5) is 0 Å². The number of nitrogens with two attached hydrogens (primary N) is 1. The third-order valence-corrected chi connectivity index (χ3v) is 3.98. The standard InChI is InChI=1S/C14H19NO3/c1-7-8(2)12(18-3)5-4-9(7)13(15)10-6-11(10)14(16)17/h4-5,10-11,13H,6,15H2,1-3H3,(H,16,17). The summed E-state index contributed by atoms with van der Waals surface area (Å²) in [5, 5.41) is 8.95. The van der Waals surface area contributed by atoms with Crippen LogP contribution in [0.15, 0.2) is 12.1 Å². The first-order valence-electron chi connectivity index (χ1n) is 6.09. The monoisotopic (exact) mass is 249 g/mol. The molecule has 0 aliphatic heterocycles. The van der Waals surface area contributed by atoms with Crippen molar-refractivity contribution >= 4 is 5.97 Å². The molecule has 1 saturated carbocycles. The van der Waals surface area contributed by atoms with Crippen molar-refractivity contribution in [1.29, 1.82) is 0 Å². The number of ether oxygens (including phenoxy) is 1. The number of aliphatic carboxylic acids is 1. The number of carboxylic acid groups (broad SMARTS) is 1. The fraction of sp³-hybridized carbons (Fsp3) is 0.500. The van der Waals surface area contributed by atoms with Crippen LogP contribution in [0.2, 0.25) is 0 Å². The summed E-state index contributed by atoms with van der Waals surface area (Å²) in [6.45, 7) is 4.00. The van der Waals surface area contributed by atoms with Crippen molar-refractivity contribution in [2.45, 2.75) is 26.3 Å². The van der Waals surface area contributed by atoms with Crippen molar-refractivity contribution in [3.8, 4) is 5.75 Å². The van der Waals surface area contributed by atoms with Crippen molar-refractivity contribution in [2.24, 2.45) is 17.6 Å². The first kappa shape index (κ1) is 12.9. The molecule has 4 heteroatoms. The van der Waals surface area contributed by atoms with Gasteiger partial charge < -0.3 is 15.6 Å². The van der Waals surface area contributed by atoms with Crippen LogP contribution >= 0.6 is 0 Å². The van der Waals surface area contributed by atoms with E-state index in [4.69, 9.17) is 15.6 Å². The van der Waals surface area contributed by atoms with E-state index < -0.39 is 5.97 Å². The molecule has 98 valence electrons. The minimum absolute atomic E-state index is 0.0639. The first-order chi connectivity index (χ1) is 8.47. The number of hydrogen-bond donors (Lipinski definition) is 2. The molecule has 3 N–H and O–H groups in total. The predicted molar refractivity (Wildman–Crippen MR) is 68.6 cm³/mol. The van der Waals surface area contributed by atoms with E-state index in [2.05, 4.69) is 0 Å². The number of rotatable bonds is 4. The highest BCUT2D eigenvalue weighted by Gasteiger charge is 2.47. The van der Waals surface area contributed by atoms with Crippen LogP contribution in [0.1, 0.15) is 29.2 Å². The quantitative estimate of drug-likeness (QED) is 0.856. The van der Waals surface area contributed by atoms with Crippen molar-refractivity contribution in [2.75, 3.05) is 7.11 Å². The molecule has 0 spiro atoms. The van der Waals surface area contributed by atoms with E-state index in [0.29, 0.717) is 6.42 Å². The maximum Gasteiger partial charge on any atom is 0.306 e. The van der Waals surface area contributed by atoms with Crippen molar-refractivity contribution < 1.29 is 14.6 Å². The zero-order valence-corrected chi connectivity index (χ0v) is 10.9. The van der Waals surface area contributed by atoms with Crippen LogP contribution in [0.5, 0.6) is 5.75 Å². The lowest BCUT2D eigenvalue weighted by atomic mass is 9.94. The van der Waals surface area contributed by atoms with Gasteiger partial charge in [0.25, 0.3) is 0 Å². The summed E-state index contributed by atoms with van der Waals surface area (Å²) >= 11 is 0. The van der Waals surface area contributed by atoms with Crippen LogP contribution in [0.25, 0.3) is 0 Å². The lowest BCUT2D eigenvalue weighted by Gasteiger charge is -2.18. The highest BCUT2D eigenvalue weighted by atomic mass is 16.5. The molecule has 0 saturated heterocycles. The van der Waals surface area contributed by atoms with Gasteiger partial charge in [0.05, 0.1) is 13.0 Å². The minimum Gasteiger partial charge on any atom is -0.496 e. The number of methoxy groups -OCH3 is 1. The highest BCUT2D eigenvalue weighted by molar-refractivity contribution is 5.73. The fourth-order valence-corrected chi connectivity index (χ4v) is 2.53. The molecule has 18 heavy (non-hydrogen) atoms. The molecular formula is C14H19NO3. The van der Waals surface area contributed by atoms with E-state index in [9.17, 15) is 4.79 Å². The molecule has 3 unspecified atom stereocenters. The summed E-state index contributed by atoms with van der Waals surface area (Å²) < 4.78 is 5.26. The van der Waals surface area contributed by atoms with Gasteiger partial charge in [-0.2, -0.15) is 0 Å². The molecular weight excluding hydrogens is 230 g/mol. The molecule has 1 aliphatic carbocycles. The third kappa shape index (κ3) is 2.08. The third-order valence-electron chi connectivity index (χ3n) is 3.98. The summed E-state index contributed by atoms with van der Waals surface area (Å²) in [6.07, 6.45) is 0.682. The second-order valence-electron chi connectivity index (χ2n) is 4.98. The largest absolute Gasteiger partial charge is 0.496 e. The smallest absolute Gasteiger partial charge is 0.306 e. The Morgan fingerprint density at radius 3 is 2.61 bits per heavy atom. The SMILES string of the molecule is COc1ccc(C(N)C2CC2C(=O)O)c(C)c1C. The van der Waals surface area contributed by atoms with Crippen LogP contribution in [-0.4, -0.2) is 18.2 Å². The van der Waals surface area contributed by atoms with Gasteiger partial charge in [-0.1, -0.05) is 6.07 Å². The highest BCUT2D eigenvalue weighted by Crippen LogP contribution is 2.47. The molecule has 0 heterocycles. The van der Waals surface area contributed by atoms with E-state index in [1.54, 1.807) is 7.11 Å². The average molecular weight is 249 g/mol. The van der Waals surface area contributed by atoms with Crippen molar-refractivity contribution in [3.05, 3.63) is 28.8 Å². The van der Waals surface area contributed by atoms with Crippen LogP contribution in [0, 0.1) is 25.7 Å². The van der Waals surface area contributed by atoms with E-state index in [0.717, 1.165) is 22.4 Å².